The van der Waals surface area contributed by atoms with Crippen molar-refractivity contribution in [3.63, 3.8) is 0 Å². The number of benzene rings is 1. The molecule has 0 aliphatic heterocycles. The maximum Gasteiger partial charge on any atom is 0.172 e. The lowest BCUT2D eigenvalue weighted by molar-refractivity contribution is 0.371. The van der Waals surface area contributed by atoms with Crippen molar-refractivity contribution in [2.24, 2.45) is 0 Å². The van der Waals surface area contributed by atoms with Gasteiger partial charge in [-0.1, -0.05) is 0 Å². The Balaban J connectivity index is 2.59. The maximum atomic E-state index is 9.72. The van der Waals surface area contributed by atoms with Crippen LogP contribution in [0.3, 0.4) is 0 Å². The van der Waals surface area contributed by atoms with E-state index in [0.717, 1.165) is 24.3 Å². The van der Waals surface area contributed by atoms with Crippen LogP contribution in [0.25, 0.3) is 0 Å². The van der Waals surface area contributed by atoms with E-state index < -0.39 is 0 Å². The SMILES string of the molecule is COc1cc(CNC(C)CCSC)cc(Br)c1O. The van der Waals surface area contributed by atoms with Gasteiger partial charge < -0.3 is 15.2 Å². The van der Waals surface area contributed by atoms with Gasteiger partial charge in [0.15, 0.2) is 11.5 Å². The monoisotopic (exact) mass is 333 g/mol. The minimum absolute atomic E-state index is 0.150. The summed E-state index contributed by atoms with van der Waals surface area (Å²) < 4.78 is 5.79. The van der Waals surface area contributed by atoms with Crippen molar-refractivity contribution in [3.8, 4) is 11.5 Å². The average Bonchev–Trinajstić information content (AvgIpc) is 2.37. The highest BCUT2D eigenvalue weighted by Gasteiger charge is 2.09. The summed E-state index contributed by atoms with van der Waals surface area (Å²) in [4.78, 5) is 0. The fourth-order valence-electron chi connectivity index (χ4n) is 1.57. The summed E-state index contributed by atoms with van der Waals surface area (Å²) in [6.07, 6.45) is 3.27. The van der Waals surface area contributed by atoms with Gasteiger partial charge in [-0.05, 0) is 59.0 Å². The molecule has 0 fully saturated rings. The summed E-state index contributed by atoms with van der Waals surface area (Å²) in [7, 11) is 1.56. The van der Waals surface area contributed by atoms with E-state index in [-0.39, 0.29) is 5.75 Å². The molecule has 0 saturated carbocycles. The normalized spacial score (nSPS) is 12.4. The van der Waals surface area contributed by atoms with Crippen LogP contribution in [0.2, 0.25) is 0 Å². The summed E-state index contributed by atoms with van der Waals surface area (Å²) in [5, 5.41) is 13.2. The zero-order valence-electron chi connectivity index (χ0n) is 11.0. The lowest BCUT2D eigenvalue weighted by Gasteiger charge is -2.14. The van der Waals surface area contributed by atoms with Gasteiger partial charge in [0.25, 0.3) is 0 Å². The molecule has 0 radical (unpaired) electrons. The average molecular weight is 334 g/mol. The van der Waals surface area contributed by atoms with E-state index in [1.54, 1.807) is 7.11 Å². The molecule has 1 rings (SSSR count). The van der Waals surface area contributed by atoms with Crippen molar-refractivity contribution >= 4 is 27.7 Å². The van der Waals surface area contributed by atoms with E-state index in [2.05, 4.69) is 34.4 Å². The second-order valence-electron chi connectivity index (χ2n) is 4.19. The van der Waals surface area contributed by atoms with Gasteiger partial charge in [-0.2, -0.15) is 11.8 Å². The van der Waals surface area contributed by atoms with Crippen molar-refractivity contribution in [2.45, 2.75) is 25.9 Å². The zero-order chi connectivity index (χ0) is 13.5. The molecule has 0 aliphatic carbocycles. The number of ether oxygens (including phenoxy) is 1. The quantitative estimate of drug-likeness (QED) is 0.802. The van der Waals surface area contributed by atoms with Crippen LogP contribution in [0.15, 0.2) is 16.6 Å². The fourth-order valence-corrected chi connectivity index (χ4v) is 2.65. The predicted molar refractivity (Wildman–Crippen MR) is 81.7 cm³/mol. The van der Waals surface area contributed by atoms with Gasteiger partial charge >= 0.3 is 0 Å². The van der Waals surface area contributed by atoms with Gasteiger partial charge in [0.1, 0.15) is 0 Å². The van der Waals surface area contributed by atoms with Gasteiger partial charge in [0, 0.05) is 12.6 Å². The van der Waals surface area contributed by atoms with Gasteiger partial charge in [-0.25, -0.2) is 0 Å². The number of phenols is 1. The Hall–Kier alpha value is -0.390. The summed E-state index contributed by atoms with van der Waals surface area (Å²) >= 11 is 5.19. The number of methoxy groups -OCH3 is 1. The summed E-state index contributed by atoms with van der Waals surface area (Å²) in [6.45, 7) is 2.95. The largest absolute Gasteiger partial charge is 0.503 e. The van der Waals surface area contributed by atoms with Crippen molar-refractivity contribution < 1.29 is 9.84 Å². The van der Waals surface area contributed by atoms with Gasteiger partial charge in [0.2, 0.25) is 0 Å². The third-order valence-electron chi connectivity index (χ3n) is 2.72. The Bertz CT molecular complexity index is 387. The first-order valence-corrected chi connectivity index (χ1v) is 8.04. The minimum atomic E-state index is 0.150. The van der Waals surface area contributed by atoms with Crippen LogP contribution < -0.4 is 10.1 Å². The number of halogens is 1. The highest BCUT2D eigenvalue weighted by Crippen LogP contribution is 2.35. The third kappa shape index (κ3) is 4.71. The molecule has 5 heteroatoms. The standard InChI is InChI=1S/C13H20BrNO2S/c1-9(4-5-18-3)15-8-10-6-11(14)13(16)12(7-10)17-2/h6-7,9,15-16H,4-5,8H2,1-3H3. The van der Waals surface area contributed by atoms with Gasteiger partial charge in [-0.3, -0.25) is 0 Å². The Labute approximate surface area is 121 Å². The molecule has 0 heterocycles. The highest BCUT2D eigenvalue weighted by atomic mass is 79.9. The second-order valence-corrected chi connectivity index (χ2v) is 6.03. The number of nitrogens with one attached hydrogen (secondary N) is 1. The smallest absolute Gasteiger partial charge is 0.172 e. The van der Waals surface area contributed by atoms with Gasteiger partial charge in [-0.15, -0.1) is 0 Å². The molecular weight excluding hydrogens is 314 g/mol. The number of thioether (sulfide) groups is 1. The third-order valence-corrected chi connectivity index (χ3v) is 3.97. The number of hydrogen-bond donors (Lipinski definition) is 2. The Kier molecular flexibility index (Phi) is 6.89. The molecule has 18 heavy (non-hydrogen) atoms. The molecule has 1 atom stereocenters. The Morgan fingerprint density at radius 1 is 1.50 bits per heavy atom. The molecule has 0 spiro atoms. The first kappa shape index (κ1) is 15.7. The van der Waals surface area contributed by atoms with Crippen molar-refractivity contribution in [1.29, 1.82) is 0 Å². The minimum Gasteiger partial charge on any atom is -0.503 e. The van der Waals surface area contributed by atoms with E-state index in [0.29, 0.717) is 16.3 Å². The summed E-state index contributed by atoms with van der Waals surface area (Å²) in [5.41, 5.74) is 1.09. The maximum absolute atomic E-state index is 9.72. The number of aromatic hydroxyl groups is 1. The molecule has 0 aliphatic rings. The van der Waals surface area contributed by atoms with E-state index in [1.807, 2.05) is 23.9 Å². The Morgan fingerprint density at radius 3 is 2.83 bits per heavy atom. The molecule has 0 amide bonds. The van der Waals surface area contributed by atoms with E-state index in [9.17, 15) is 5.11 Å². The first-order valence-electron chi connectivity index (χ1n) is 5.86. The van der Waals surface area contributed by atoms with Gasteiger partial charge in [0.05, 0.1) is 11.6 Å². The number of hydrogen-bond acceptors (Lipinski definition) is 4. The van der Waals surface area contributed by atoms with Crippen LogP contribution in [-0.4, -0.2) is 30.3 Å². The number of rotatable bonds is 7. The van der Waals surface area contributed by atoms with E-state index >= 15 is 0 Å². The van der Waals surface area contributed by atoms with Crippen LogP contribution in [0.5, 0.6) is 11.5 Å². The van der Waals surface area contributed by atoms with Crippen LogP contribution >= 0.6 is 27.7 Å². The summed E-state index contributed by atoms with van der Waals surface area (Å²) in [6, 6.07) is 4.25. The predicted octanol–water partition coefficient (Wildman–Crippen LogP) is 3.39. The first-order chi connectivity index (χ1) is 8.58. The fraction of sp³-hybridized carbons (Fsp3) is 0.538. The molecule has 2 N–H and O–H groups in total. The molecule has 0 bridgehead atoms. The molecule has 1 unspecified atom stereocenters. The lowest BCUT2D eigenvalue weighted by Crippen LogP contribution is -2.25. The van der Waals surface area contributed by atoms with Crippen molar-refractivity contribution in [1.82, 2.24) is 5.32 Å². The zero-order valence-corrected chi connectivity index (χ0v) is 13.4. The summed E-state index contributed by atoms with van der Waals surface area (Å²) in [5.74, 6) is 1.81. The molecule has 1 aromatic carbocycles. The topological polar surface area (TPSA) is 41.5 Å². The van der Waals surface area contributed by atoms with Crippen LogP contribution in [0, 0.1) is 0 Å². The van der Waals surface area contributed by atoms with Crippen molar-refractivity contribution in [3.05, 3.63) is 22.2 Å². The molecular formula is C13H20BrNO2S. The molecule has 102 valence electrons. The number of phenolic OH excluding ortho intramolecular Hbond substituents is 1. The second kappa shape index (κ2) is 7.92. The van der Waals surface area contributed by atoms with Crippen LogP contribution in [0.4, 0.5) is 0 Å². The molecule has 0 aromatic heterocycles. The van der Waals surface area contributed by atoms with Crippen LogP contribution in [0.1, 0.15) is 18.9 Å². The van der Waals surface area contributed by atoms with Crippen LogP contribution in [-0.2, 0) is 6.54 Å². The lowest BCUT2D eigenvalue weighted by atomic mass is 10.2. The van der Waals surface area contributed by atoms with E-state index in [4.69, 9.17) is 4.74 Å². The highest BCUT2D eigenvalue weighted by molar-refractivity contribution is 9.10. The van der Waals surface area contributed by atoms with Crippen molar-refractivity contribution in [2.75, 3.05) is 19.1 Å². The molecule has 3 nitrogen and oxygen atoms in total. The molecule has 0 saturated heterocycles. The van der Waals surface area contributed by atoms with E-state index in [1.165, 1.54) is 0 Å². The molecule has 1 aromatic rings. The Morgan fingerprint density at radius 2 is 2.22 bits per heavy atom.